The zero-order chi connectivity index (χ0) is 12.0. The summed E-state index contributed by atoms with van der Waals surface area (Å²) < 4.78 is 7.21. The topological polar surface area (TPSA) is 39.1 Å². The molecule has 0 fully saturated rings. The molecule has 4 nitrogen and oxygen atoms in total. The van der Waals surface area contributed by atoms with Crippen LogP contribution in [0.5, 0.6) is 0 Å². The van der Waals surface area contributed by atoms with E-state index < -0.39 is 0 Å². The van der Waals surface area contributed by atoms with E-state index in [1.165, 1.54) is 5.69 Å². The fraction of sp³-hybridized carbons (Fsp3) is 0.750. The molecule has 2 unspecified atom stereocenters. The first-order valence-corrected chi connectivity index (χ1v) is 5.93. The van der Waals surface area contributed by atoms with Crippen molar-refractivity contribution in [2.45, 2.75) is 38.8 Å². The molecule has 0 radical (unpaired) electrons. The molecule has 0 bridgehead atoms. The van der Waals surface area contributed by atoms with Crippen molar-refractivity contribution in [3.05, 3.63) is 18.0 Å². The summed E-state index contributed by atoms with van der Waals surface area (Å²) in [7, 11) is 3.75. The molecule has 0 spiro atoms. The average molecular weight is 225 g/mol. The number of hydrogen-bond donors (Lipinski definition) is 1. The molecule has 16 heavy (non-hydrogen) atoms. The van der Waals surface area contributed by atoms with Crippen LogP contribution in [0.15, 0.2) is 12.3 Å². The van der Waals surface area contributed by atoms with Crippen molar-refractivity contribution in [2.75, 3.05) is 13.7 Å². The monoisotopic (exact) mass is 225 g/mol. The molecule has 1 N–H and O–H groups in total. The molecular formula is C12H23N3O. The van der Waals surface area contributed by atoms with Gasteiger partial charge in [0.15, 0.2) is 0 Å². The molecule has 1 aromatic rings. The second-order valence-corrected chi connectivity index (χ2v) is 4.11. The van der Waals surface area contributed by atoms with E-state index >= 15 is 0 Å². The van der Waals surface area contributed by atoms with E-state index in [0.29, 0.717) is 12.1 Å². The van der Waals surface area contributed by atoms with Crippen LogP contribution in [0.1, 0.15) is 38.4 Å². The first kappa shape index (κ1) is 13.2. The summed E-state index contributed by atoms with van der Waals surface area (Å²) in [6.07, 6.45) is 4.29. The Balaban J connectivity index is 2.58. The van der Waals surface area contributed by atoms with Gasteiger partial charge in [-0.1, -0.05) is 6.92 Å². The first-order valence-electron chi connectivity index (χ1n) is 5.93. The van der Waals surface area contributed by atoms with Crippen molar-refractivity contribution in [1.29, 1.82) is 0 Å². The number of methoxy groups -OCH3 is 1. The van der Waals surface area contributed by atoms with Crippen molar-refractivity contribution in [2.24, 2.45) is 7.05 Å². The number of nitrogens with one attached hydrogen (secondary N) is 1. The molecule has 0 aromatic carbocycles. The summed E-state index contributed by atoms with van der Waals surface area (Å²) in [5, 5.41) is 7.70. The molecule has 0 amide bonds. The van der Waals surface area contributed by atoms with Crippen LogP contribution in [-0.2, 0) is 11.8 Å². The Bertz CT molecular complexity index is 298. The van der Waals surface area contributed by atoms with Crippen LogP contribution in [0.4, 0.5) is 0 Å². The fourth-order valence-corrected chi connectivity index (χ4v) is 1.85. The summed E-state index contributed by atoms with van der Waals surface area (Å²) >= 11 is 0. The molecule has 0 saturated heterocycles. The van der Waals surface area contributed by atoms with Crippen LogP contribution < -0.4 is 5.32 Å². The second-order valence-electron chi connectivity index (χ2n) is 4.11. The Hall–Kier alpha value is -0.870. The van der Waals surface area contributed by atoms with Crippen LogP contribution in [-0.4, -0.2) is 29.5 Å². The Morgan fingerprint density at radius 3 is 2.75 bits per heavy atom. The lowest BCUT2D eigenvalue weighted by Crippen LogP contribution is -2.24. The van der Waals surface area contributed by atoms with Gasteiger partial charge in [-0.25, -0.2) is 0 Å². The van der Waals surface area contributed by atoms with Crippen LogP contribution in [0.2, 0.25) is 0 Å². The van der Waals surface area contributed by atoms with Gasteiger partial charge in [0, 0.05) is 26.4 Å². The van der Waals surface area contributed by atoms with Gasteiger partial charge in [-0.05, 0) is 32.4 Å². The predicted molar refractivity (Wildman–Crippen MR) is 65.3 cm³/mol. The van der Waals surface area contributed by atoms with E-state index in [9.17, 15) is 0 Å². The van der Waals surface area contributed by atoms with E-state index in [2.05, 4.69) is 30.3 Å². The number of nitrogens with zero attached hydrogens (tertiary/aromatic N) is 2. The zero-order valence-corrected chi connectivity index (χ0v) is 10.7. The molecular weight excluding hydrogens is 202 g/mol. The highest BCUT2D eigenvalue weighted by atomic mass is 16.5. The van der Waals surface area contributed by atoms with E-state index in [1.54, 1.807) is 7.11 Å². The molecule has 0 aliphatic rings. The molecule has 0 aliphatic carbocycles. The number of aryl methyl sites for hydroxylation is 1. The zero-order valence-electron chi connectivity index (χ0n) is 10.7. The van der Waals surface area contributed by atoms with Gasteiger partial charge >= 0.3 is 0 Å². The largest absolute Gasteiger partial charge is 0.382 e. The molecule has 1 rings (SSSR count). The van der Waals surface area contributed by atoms with Crippen molar-refractivity contribution >= 4 is 0 Å². The maximum absolute atomic E-state index is 5.28. The summed E-state index contributed by atoms with van der Waals surface area (Å²) in [6.45, 7) is 5.20. The van der Waals surface area contributed by atoms with Crippen LogP contribution in [0.3, 0.4) is 0 Å². The van der Waals surface area contributed by atoms with E-state index in [-0.39, 0.29) is 0 Å². The van der Waals surface area contributed by atoms with Crippen LogP contribution >= 0.6 is 0 Å². The highest BCUT2D eigenvalue weighted by Crippen LogP contribution is 2.19. The Labute approximate surface area is 98.0 Å². The Morgan fingerprint density at radius 1 is 1.50 bits per heavy atom. The number of aromatic nitrogens is 2. The highest BCUT2D eigenvalue weighted by Gasteiger charge is 2.14. The minimum absolute atomic E-state index is 0.314. The van der Waals surface area contributed by atoms with Gasteiger partial charge in [0.25, 0.3) is 0 Å². The maximum Gasteiger partial charge on any atom is 0.0550 e. The van der Waals surface area contributed by atoms with Crippen LogP contribution in [0.25, 0.3) is 0 Å². The van der Waals surface area contributed by atoms with Crippen molar-refractivity contribution in [1.82, 2.24) is 15.1 Å². The SMILES string of the molecule is CCNC(CCC(C)OC)c1ccnn1C. The highest BCUT2D eigenvalue weighted by molar-refractivity contribution is 5.06. The summed E-state index contributed by atoms with van der Waals surface area (Å²) in [5.74, 6) is 0. The average Bonchev–Trinajstić information content (AvgIpc) is 2.70. The molecule has 1 aromatic heterocycles. The fourth-order valence-electron chi connectivity index (χ4n) is 1.85. The van der Waals surface area contributed by atoms with Gasteiger partial charge in [-0.3, -0.25) is 4.68 Å². The predicted octanol–water partition coefficient (Wildman–Crippen LogP) is 1.89. The Kier molecular flexibility index (Phi) is 5.49. The first-order chi connectivity index (χ1) is 7.69. The lowest BCUT2D eigenvalue weighted by Gasteiger charge is -2.19. The van der Waals surface area contributed by atoms with Gasteiger partial charge in [0.2, 0.25) is 0 Å². The quantitative estimate of drug-likeness (QED) is 0.770. The molecule has 2 atom stereocenters. The molecule has 92 valence electrons. The normalized spacial score (nSPS) is 15.0. The maximum atomic E-state index is 5.28. The van der Waals surface area contributed by atoms with Gasteiger partial charge in [-0.2, -0.15) is 5.10 Å². The number of ether oxygens (including phenoxy) is 1. The lowest BCUT2D eigenvalue weighted by molar-refractivity contribution is 0.106. The van der Waals surface area contributed by atoms with E-state index in [4.69, 9.17) is 4.74 Å². The van der Waals surface area contributed by atoms with Gasteiger partial charge in [-0.15, -0.1) is 0 Å². The van der Waals surface area contributed by atoms with E-state index in [1.807, 2.05) is 17.9 Å². The minimum atomic E-state index is 0.314. The third kappa shape index (κ3) is 3.61. The summed E-state index contributed by atoms with van der Waals surface area (Å²) in [6, 6.07) is 2.44. The third-order valence-electron chi connectivity index (χ3n) is 2.93. The molecule has 0 aliphatic heterocycles. The molecule has 0 saturated carbocycles. The number of hydrogen-bond acceptors (Lipinski definition) is 3. The van der Waals surface area contributed by atoms with Crippen molar-refractivity contribution in [3.8, 4) is 0 Å². The van der Waals surface area contributed by atoms with Gasteiger partial charge in [0.05, 0.1) is 11.8 Å². The molecule has 4 heteroatoms. The smallest absolute Gasteiger partial charge is 0.0550 e. The van der Waals surface area contributed by atoms with Crippen molar-refractivity contribution < 1.29 is 4.74 Å². The third-order valence-corrected chi connectivity index (χ3v) is 2.93. The van der Waals surface area contributed by atoms with Crippen molar-refractivity contribution in [3.63, 3.8) is 0 Å². The van der Waals surface area contributed by atoms with Gasteiger partial charge in [0.1, 0.15) is 0 Å². The van der Waals surface area contributed by atoms with Crippen LogP contribution in [0, 0.1) is 0 Å². The minimum Gasteiger partial charge on any atom is -0.382 e. The number of rotatable bonds is 7. The standard InChI is InChI=1S/C12H23N3O/c1-5-13-11(7-6-10(2)16-4)12-8-9-14-15(12)3/h8-11,13H,5-7H2,1-4H3. The lowest BCUT2D eigenvalue weighted by atomic mass is 10.1. The summed E-state index contributed by atoms with van der Waals surface area (Å²) in [5.41, 5.74) is 1.24. The second kappa shape index (κ2) is 6.66. The Morgan fingerprint density at radius 2 is 2.25 bits per heavy atom. The molecule has 1 heterocycles. The van der Waals surface area contributed by atoms with E-state index in [0.717, 1.165) is 19.4 Å². The summed E-state index contributed by atoms with van der Waals surface area (Å²) in [4.78, 5) is 0. The van der Waals surface area contributed by atoms with Gasteiger partial charge < -0.3 is 10.1 Å².